The number of anilines is 1. The lowest BCUT2D eigenvalue weighted by atomic mass is 10.1. The molecule has 2 aromatic heterocycles. The summed E-state index contributed by atoms with van der Waals surface area (Å²) in [5, 5.41) is 11.5. The average Bonchev–Trinajstić information content (AvgIpc) is 3.23. The zero-order valence-corrected chi connectivity index (χ0v) is 17.4. The number of nitrogens with one attached hydrogen (secondary N) is 1. The van der Waals surface area contributed by atoms with Crippen molar-refractivity contribution in [2.45, 2.75) is 33.9 Å². The van der Waals surface area contributed by atoms with Gasteiger partial charge in [0.15, 0.2) is 0 Å². The number of aryl methyl sites for hydroxylation is 3. The molecule has 0 radical (unpaired) electrons. The maximum absolute atomic E-state index is 12.8. The molecule has 0 aliphatic carbocycles. The highest BCUT2D eigenvalue weighted by Gasteiger charge is 2.21. The molecule has 3 aromatic rings. The van der Waals surface area contributed by atoms with Crippen LogP contribution in [0, 0.1) is 13.8 Å². The van der Waals surface area contributed by atoms with Crippen molar-refractivity contribution < 1.29 is 9.59 Å². The number of carbonyl (C=O) groups excluding carboxylic acids is 2. The van der Waals surface area contributed by atoms with Crippen molar-refractivity contribution in [2.24, 2.45) is 0 Å². The first-order valence-electron chi connectivity index (χ1n) is 9.49. The van der Waals surface area contributed by atoms with Gasteiger partial charge in [-0.05, 0) is 44.5 Å². The van der Waals surface area contributed by atoms with Gasteiger partial charge in [-0.15, -0.1) is 0 Å². The number of benzene rings is 1. The number of hydrogen-bond donors (Lipinski definition) is 1. The molecule has 0 bridgehead atoms. The Morgan fingerprint density at radius 2 is 1.90 bits per heavy atom. The van der Waals surface area contributed by atoms with Crippen molar-refractivity contribution >= 4 is 17.5 Å². The summed E-state index contributed by atoms with van der Waals surface area (Å²) in [5.41, 5.74) is 4.27. The van der Waals surface area contributed by atoms with Gasteiger partial charge in [0, 0.05) is 31.9 Å². The van der Waals surface area contributed by atoms with Crippen LogP contribution < -0.4 is 5.32 Å². The minimum Gasteiger partial charge on any atom is -0.343 e. The van der Waals surface area contributed by atoms with Crippen LogP contribution >= 0.6 is 0 Å². The van der Waals surface area contributed by atoms with Gasteiger partial charge in [-0.1, -0.05) is 12.1 Å². The van der Waals surface area contributed by atoms with Crippen LogP contribution in [0.15, 0.2) is 36.5 Å². The largest absolute Gasteiger partial charge is 0.343 e. The highest BCUT2D eigenvalue weighted by molar-refractivity contribution is 6.08. The second-order valence-corrected chi connectivity index (χ2v) is 7.16. The third kappa shape index (κ3) is 4.37. The van der Waals surface area contributed by atoms with Crippen molar-refractivity contribution in [1.29, 1.82) is 0 Å². The van der Waals surface area contributed by atoms with Gasteiger partial charge in [-0.25, -0.2) is 0 Å². The third-order valence-electron chi connectivity index (χ3n) is 4.62. The third-order valence-corrected chi connectivity index (χ3v) is 4.62. The Morgan fingerprint density at radius 3 is 2.52 bits per heavy atom. The zero-order chi connectivity index (χ0) is 21.1. The topological polar surface area (TPSA) is 85.0 Å². The lowest BCUT2D eigenvalue weighted by Gasteiger charge is -2.14. The zero-order valence-electron chi connectivity index (χ0n) is 17.4. The van der Waals surface area contributed by atoms with E-state index < -0.39 is 0 Å². The molecule has 0 aliphatic heterocycles. The fraction of sp³-hybridized carbons (Fsp3) is 0.333. The van der Waals surface area contributed by atoms with E-state index in [4.69, 9.17) is 0 Å². The maximum atomic E-state index is 12.8. The molecule has 2 heterocycles. The van der Waals surface area contributed by atoms with Crippen LogP contribution in [0.5, 0.6) is 0 Å². The van der Waals surface area contributed by atoms with E-state index in [1.807, 2.05) is 49.7 Å². The smallest absolute Gasteiger partial charge is 0.273 e. The van der Waals surface area contributed by atoms with Gasteiger partial charge in [0.25, 0.3) is 11.8 Å². The van der Waals surface area contributed by atoms with Gasteiger partial charge in [0.1, 0.15) is 5.69 Å². The quantitative estimate of drug-likeness (QED) is 0.697. The summed E-state index contributed by atoms with van der Waals surface area (Å²) in [5.74, 6) is -0.499. The van der Waals surface area contributed by atoms with Crippen LogP contribution in [0.4, 0.5) is 5.69 Å². The Hall–Kier alpha value is -3.42. The van der Waals surface area contributed by atoms with Crippen molar-refractivity contribution in [3.05, 3.63) is 64.7 Å². The number of amides is 2. The van der Waals surface area contributed by atoms with Crippen molar-refractivity contribution in [3.63, 3.8) is 0 Å². The van der Waals surface area contributed by atoms with E-state index in [0.717, 1.165) is 17.0 Å². The Balaban J connectivity index is 1.82. The maximum Gasteiger partial charge on any atom is 0.273 e. The molecule has 8 nitrogen and oxygen atoms in total. The fourth-order valence-corrected chi connectivity index (χ4v) is 3.17. The van der Waals surface area contributed by atoms with E-state index in [-0.39, 0.29) is 11.8 Å². The molecule has 1 aromatic carbocycles. The lowest BCUT2D eigenvalue weighted by molar-refractivity contribution is 0.0816. The molecule has 0 fully saturated rings. The first-order chi connectivity index (χ1) is 13.8. The van der Waals surface area contributed by atoms with Crippen LogP contribution in [0.1, 0.15) is 44.7 Å². The van der Waals surface area contributed by atoms with Crippen LogP contribution in [-0.2, 0) is 13.1 Å². The molecule has 2 amide bonds. The highest BCUT2D eigenvalue weighted by Crippen LogP contribution is 2.18. The van der Waals surface area contributed by atoms with E-state index in [2.05, 4.69) is 15.5 Å². The summed E-state index contributed by atoms with van der Waals surface area (Å²) in [6.45, 7) is 6.97. The minimum atomic E-state index is -0.288. The molecule has 3 rings (SSSR count). The molecular formula is C21H26N6O2. The van der Waals surface area contributed by atoms with Crippen molar-refractivity contribution in [1.82, 2.24) is 24.5 Å². The molecule has 0 unspecified atom stereocenters. The summed E-state index contributed by atoms with van der Waals surface area (Å²) in [6.07, 6.45) is 1.51. The van der Waals surface area contributed by atoms with Gasteiger partial charge in [0.2, 0.25) is 0 Å². The molecule has 0 saturated heterocycles. The monoisotopic (exact) mass is 394 g/mol. The molecule has 0 atom stereocenters. The van der Waals surface area contributed by atoms with E-state index in [1.54, 1.807) is 24.8 Å². The van der Waals surface area contributed by atoms with E-state index in [1.165, 1.54) is 11.1 Å². The number of hydrogen-bond acceptors (Lipinski definition) is 4. The van der Waals surface area contributed by atoms with Gasteiger partial charge in [-0.3, -0.25) is 19.0 Å². The van der Waals surface area contributed by atoms with E-state index >= 15 is 0 Å². The first-order valence-corrected chi connectivity index (χ1v) is 9.49. The second-order valence-electron chi connectivity index (χ2n) is 7.16. The summed E-state index contributed by atoms with van der Waals surface area (Å²) >= 11 is 0. The normalized spacial score (nSPS) is 10.8. The van der Waals surface area contributed by atoms with Gasteiger partial charge < -0.3 is 10.2 Å². The summed E-state index contributed by atoms with van der Waals surface area (Å²) in [6, 6.07) is 9.41. The Kier molecular flexibility index (Phi) is 5.81. The number of rotatable bonds is 6. The van der Waals surface area contributed by atoms with Crippen molar-refractivity contribution in [3.8, 4) is 0 Å². The highest BCUT2D eigenvalue weighted by atomic mass is 16.2. The predicted octanol–water partition coefficient (Wildman–Crippen LogP) is 2.72. The fourth-order valence-electron chi connectivity index (χ4n) is 3.17. The molecular weight excluding hydrogens is 368 g/mol. The Morgan fingerprint density at radius 1 is 1.14 bits per heavy atom. The SMILES string of the molecule is CCn1ncc(NC(=O)c2cccc(Cn3nc(C)cc3C)c2)c1C(=O)N(C)C. The van der Waals surface area contributed by atoms with Crippen LogP contribution in [0.2, 0.25) is 0 Å². The summed E-state index contributed by atoms with van der Waals surface area (Å²) in [7, 11) is 3.34. The molecule has 0 spiro atoms. The van der Waals surface area contributed by atoms with Crippen LogP contribution in [0.3, 0.4) is 0 Å². The molecule has 8 heteroatoms. The number of aromatic nitrogens is 4. The molecule has 152 valence electrons. The molecule has 0 saturated carbocycles. The Labute approximate surface area is 170 Å². The molecule has 0 aliphatic rings. The summed E-state index contributed by atoms with van der Waals surface area (Å²) < 4.78 is 3.49. The van der Waals surface area contributed by atoms with Crippen LogP contribution in [-0.4, -0.2) is 50.4 Å². The van der Waals surface area contributed by atoms with Gasteiger partial charge >= 0.3 is 0 Å². The van der Waals surface area contributed by atoms with Gasteiger partial charge in [-0.2, -0.15) is 10.2 Å². The van der Waals surface area contributed by atoms with Gasteiger partial charge in [0.05, 0.1) is 24.1 Å². The summed E-state index contributed by atoms with van der Waals surface area (Å²) in [4.78, 5) is 26.8. The standard InChI is InChI=1S/C21H26N6O2/c1-6-26-19(21(29)25(4)5)18(12-22-26)23-20(28)17-9-7-8-16(11-17)13-27-15(3)10-14(2)24-27/h7-12H,6,13H2,1-5H3,(H,23,28). The lowest BCUT2D eigenvalue weighted by Crippen LogP contribution is -2.26. The van der Waals surface area contributed by atoms with Crippen LogP contribution in [0.25, 0.3) is 0 Å². The predicted molar refractivity (Wildman–Crippen MR) is 111 cm³/mol. The molecule has 29 heavy (non-hydrogen) atoms. The number of nitrogens with zero attached hydrogens (tertiary/aromatic N) is 5. The average molecular weight is 394 g/mol. The minimum absolute atomic E-state index is 0.210. The van der Waals surface area contributed by atoms with Crippen molar-refractivity contribution in [2.75, 3.05) is 19.4 Å². The first kappa shape index (κ1) is 20.3. The van der Waals surface area contributed by atoms with E-state index in [9.17, 15) is 9.59 Å². The molecule has 1 N–H and O–H groups in total. The van der Waals surface area contributed by atoms with E-state index in [0.29, 0.717) is 30.0 Å². The number of carbonyl (C=O) groups is 2. The second kappa shape index (κ2) is 8.30. The Bertz CT molecular complexity index is 1050.